The maximum Gasteiger partial charge on any atom is 0.236 e. The van der Waals surface area contributed by atoms with Crippen LogP contribution >= 0.6 is 34.8 Å². The molecule has 0 radical (unpaired) electrons. The van der Waals surface area contributed by atoms with Gasteiger partial charge in [0.1, 0.15) is 0 Å². The summed E-state index contributed by atoms with van der Waals surface area (Å²) in [7, 11) is 0. The van der Waals surface area contributed by atoms with Crippen molar-refractivity contribution in [1.82, 2.24) is 10.0 Å². The molecule has 0 aromatic heterocycles. The Labute approximate surface area is 108 Å². The van der Waals surface area contributed by atoms with Crippen molar-refractivity contribution in [2.45, 2.75) is 29.7 Å². The van der Waals surface area contributed by atoms with Gasteiger partial charge < -0.3 is 0 Å². The van der Waals surface area contributed by atoms with Crippen molar-refractivity contribution in [3.05, 3.63) is 10.1 Å². The molecular weight excluding hydrogens is 278 g/mol. The van der Waals surface area contributed by atoms with E-state index in [1.165, 1.54) is 5.01 Å². The molecule has 0 amide bonds. The van der Waals surface area contributed by atoms with E-state index in [1.807, 2.05) is 6.92 Å². The van der Waals surface area contributed by atoms with Gasteiger partial charge in [-0.1, -0.05) is 53.2 Å². The van der Waals surface area contributed by atoms with E-state index < -0.39 is 15.0 Å². The van der Waals surface area contributed by atoms with Crippen molar-refractivity contribution in [1.29, 1.82) is 0 Å². The van der Waals surface area contributed by atoms with E-state index in [0.717, 1.165) is 19.2 Å². The first-order valence-corrected chi connectivity index (χ1v) is 5.81. The number of unbranched alkanes of at least 4 members (excludes halogenated alkanes) is 1. The molecule has 0 aliphatic carbocycles. The van der Waals surface area contributed by atoms with E-state index in [1.54, 1.807) is 0 Å². The third-order valence-corrected chi connectivity index (χ3v) is 2.66. The summed E-state index contributed by atoms with van der Waals surface area (Å²) in [5, 5.41) is 16.0. The molecule has 0 fully saturated rings. The van der Waals surface area contributed by atoms with Crippen LogP contribution in [0.3, 0.4) is 0 Å². The number of hydrogen-bond donors (Lipinski definition) is 0. The van der Waals surface area contributed by atoms with Gasteiger partial charge >= 0.3 is 0 Å². The van der Waals surface area contributed by atoms with Gasteiger partial charge in [-0.05, 0) is 6.42 Å². The molecule has 1 unspecified atom stereocenters. The number of nitrogens with zero attached hydrogens (tertiary/aromatic N) is 4. The topological polar surface area (TPSA) is 62.0 Å². The minimum Gasteiger partial charge on any atom is -0.263 e. The minimum atomic E-state index is -1.79. The van der Waals surface area contributed by atoms with Crippen LogP contribution in [0.25, 0.3) is 0 Å². The van der Waals surface area contributed by atoms with Crippen molar-refractivity contribution in [2.75, 3.05) is 6.54 Å². The molecule has 0 spiro atoms. The van der Waals surface area contributed by atoms with Crippen LogP contribution in [0.4, 0.5) is 0 Å². The van der Waals surface area contributed by atoms with E-state index in [-0.39, 0.29) is 0 Å². The molecule has 0 saturated carbocycles. The predicted molar refractivity (Wildman–Crippen MR) is 63.0 cm³/mol. The van der Waals surface area contributed by atoms with Crippen molar-refractivity contribution in [2.24, 2.45) is 5.10 Å². The Bertz CT molecular complexity index is 294. The van der Waals surface area contributed by atoms with Crippen molar-refractivity contribution in [3.63, 3.8) is 0 Å². The minimum absolute atomic E-state index is 0.510. The van der Waals surface area contributed by atoms with Crippen molar-refractivity contribution >= 4 is 41.1 Å². The van der Waals surface area contributed by atoms with Crippen LogP contribution in [0.2, 0.25) is 0 Å². The Morgan fingerprint density at radius 3 is 2.62 bits per heavy atom. The summed E-state index contributed by atoms with van der Waals surface area (Å²) in [5.74, 6) is 0. The zero-order chi connectivity index (χ0) is 12.3. The molecule has 1 aliphatic rings. The van der Waals surface area contributed by atoms with E-state index in [4.69, 9.17) is 34.8 Å². The summed E-state index contributed by atoms with van der Waals surface area (Å²) in [6.07, 6.45) is 1.80. The standard InChI is InChI=1S/C7H11Cl3N4O2/c1-2-3-4-12-6(7(8,9)10)13(5-11-12)14(15)16/h5-6H,2-4H2,1H3. The van der Waals surface area contributed by atoms with Gasteiger partial charge in [-0.3, -0.25) is 5.01 Å². The summed E-state index contributed by atoms with van der Waals surface area (Å²) in [6.45, 7) is 2.51. The Kier molecular flexibility index (Phi) is 4.46. The van der Waals surface area contributed by atoms with Gasteiger partial charge in [-0.25, -0.2) is 10.1 Å². The van der Waals surface area contributed by atoms with E-state index in [9.17, 15) is 10.1 Å². The van der Waals surface area contributed by atoms with Crippen LogP contribution in [-0.4, -0.2) is 37.9 Å². The lowest BCUT2D eigenvalue weighted by atomic mass is 10.3. The fraction of sp³-hybridized carbons (Fsp3) is 0.857. The van der Waals surface area contributed by atoms with Gasteiger partial charge in [0.2, 0.25) is 9.96 Å². The van der Waals surface area contributed by atoms with E-state index in [0.29, 0.717) is 11.6 Å². The van der Waals surface area contributed by atoms with Crippen molar-refractivity contribution in [3.8, 4) is 0 Å². The molecule has 16 heavy (non-hydrogen) atoms. The number of hydrogen-bond acceptors (Lipinski definition) is 4. The lowest BCUT2D eigenvalue weighted by molar-refractivity contribution is -0.638. The molecule has 0 aromatic carbocycles. The second kappa shape index (κ2) is 5.25. The Hall–Kier alpha value is -0.460. The molecule has 1 heterocycles. The zero-order valence-corrected chi connectivity index (χ0v) is 10.8. The predicted octanol–water partition coefficient (Wildman–Crippen LogP) is 2.24. The second-order valence-electron chi connectivity index (χ2n) is 3.28. The highest BCUT2D eigenvalue weighted by molar-refractivity contribution is 6.68. The van der Waals surface area contributed by atoms with Crippen molar-refractivity contribution < 1.29 is 5.03 Å². The summed E-state index contributed by atoms with van der Waals surface area (Å²) in [4.78, 5) is 10.7. The first-order valence-electron chi connectivity index (χ1n) is 4.68. The molecule has 6 nitrogen and oxygen atoms in total. The summed E-state index contributed by atoms with van der Waals surface area (Å²) >= 11 is 17.1. The van der Waals surface area contributed by atoms with Gasteiger partial charge in [0.15, 0.2) is 11.4 Å². The van der Waals surface area contributed by atoms with E-state index in [2.05, 4.69) is 5.10 Å². The van der Waals surface area contributed by atoms with Crippen LogP contribution in [0.1, 0.15) is 19.8 Å². The Morgan fingerprint density at radius 1 is 1.56 bits per heavy atom. The zero-order valence-electron chi connectivity index (χ0n) is 8.52. The lowest BCUT2D eigenvalue weighted by Gasteiger charge is -2.29. The first-order chi connectivity index (χ1) is 7.38. The van der Waals surface area contributed by atoms with Gasteiger partial charge in [0.05, 0.1) is 0 Å². The molecule has 0 N–H and O–H groups in total. The van der Waals surface area contributed by atoms with E-state index >= 15 is 0 Å². The fourth-order valence-corrected chi connectivity index (χ4v) is 1.97. The van der Waals surface area contributed by atoms with Crippen LogP contribution in [0.15, 0.2) is 5.10 Å². The highest BCUT2D eigenvalue weighted by Crippen LogP contribution is 2.37. The van der Waals surface area contributed by atoms with Gasteiger partial charge in [0.25, 0.3) is 0 Å². The molecule has 0 aromatic rings. The number of halogens is 3. The summed E-state index contributed by atoms with van der Waals surface area (Å²) in [5.41, 5.74) is 0. The average molecular weight is 290 g/mol. The third-order valence-electron chi connectivity index (χ3n) is 2.07. The SMILES string of the molecule is CCCCN1N=CN([N+](=O)[O-])C1C(Cl)(Cl)Cl. The third kappa shape index (κ3) is 3.02. The number of nitro groups is 1. The summed E-state index contributed by atoms with van der Waals surface area (Å²) < 4.78 is -1.79. The average Bonchev–Trinajstić information content (AvgIpc) is 2.57. The maximum absolute atomic E-state index is 10.7. The summed E-state index contributed by atoms with van der Waals surface area (Å²) in [6, 6.07) is 0. The van der Waals surface area contributed by atoms with Crippen LogP contribution < -0.4 is 0 Å². The quantitative estimate of drug-likeness (QED) is 0.452. The molecule has 9 heteroatoms. The highest BCUT2D eigenvalue weighted by atomic mass is 35.6. The highest BCUT2D eigenvalue weighted by Gasteiger charge is 2.49. The molecule has 92 valence electrons. The Morgan fingerprint density at radius 2 is 2.19 bits per heavy atom. The smallest absolute Gasteiger partial charge is 0.236 e. The molecule has 0 saturated heterocycles. The largest absolute Gasteiger partial charge is 0.263 e. The molecule has 1 rings (SSSR count). The monoisotopic (exact) mass is 288 g/mol. The number of hydrazone groups is 1. The molecule has 1 atom stereocenters. The Balaban J connectivity index is 2.80. The molecule has 0 bridgehead atoms. The lowest BCUT2D eigenvalue weighted by Crippen LogP contribution is -2.51. The number of hydrazine groups is 1. The molecule has 1 aliphatic heterocycles. The van der Waals surface area contributed by atoms with Gasteiger partial charge in [0, 0.05) is 6.54 Å². The normalized spacial score (nSPS) is 20.6. The van der Waals surface area contributed by atoms with Gasteiger partial charge in [-0.15, -0.1) is 0 Å². The second-order valence-corrected chi connectivity index (χ2v) is 5.65. The maximum atomic E-state index is 10.7. The first kappa shape index (κ1) is 13.6. The molecular formula is C7H11Cl3N4O2. The number of alkyl halides is 3. The van der Waals surface area contributed by atoms with Crippen LogP contribution in [0, 0.1) is 10.1 Å². The van der Waals surface area contributed by atoms with Crippen LogP contribution in [-0.2, 0) is 0 Å². The fourth-order valence-electron chi connectivity index (χ4n) is 1.33. The van der Waals surface area contributed by atoms with Gasteiger partial charge in [-0.2, -0.15) is 5.10 Å². The van der Waals surface area contributed by atoms with Crippen LogP contribution in [0.5, 0.6) is 0 Å². The number of rotatable bonds is 4.